The summed E-state index contributed by atoms with van der Waals surface area (Å²) in [5, 5.41) is 0. The van der Waals surface area contributed by atoms with Crippen molar-refractivity contribution in [1.29, 1.82) is 0 Å². The Morgan fingerprint density at radius 2 is 1.70 bits per heavy atom. The number of rotatable bonds is 12. The van der Waals surface area contributed by atoms with Crippen LogP contribution in [0.5, 0.6) is 11.5 Å². The fourth-order valence-corrected chi connectivity index (χ4v) is 3.61. The molecule has 1 heterocycles. The molecule has 0 saturated heterocycles. The van der Waals surface area contributed by atoms with Crippen molar-refractivity contribution in [3.8, 4) is 22.9 Å². The maximum absolute atomic E-state index is 12.5. The second-order valence-corrected chi connectivity index (χ2v) is 7.95. The summed E-state index contributed by atoms with van der Waals surface area (Å²) >= 11 is 0. The van der Waals surface area contributed by atoms with Gasteiger partial charge in [-0.25, -0.2) is 4.98 Å². The Hall–Kier alpha value is -3.49. The van der Waals surface area contributed by atoms with E-state index >= 15 is 0 Å². The molecule has 0 radical (unpaired) electrons. The van der Waals surface area contributed by atoms with Crippen molar-refractivity contribution in [2.45, 2.75) is 66.3 Å². The van der Waals surface area contributed by atoms with Crippen molar-refractivity contribution in [2.24, 2.45) is 0 Å². The Kier molecular flexibility index (Phi) is 12.0. The Bertz CT molecular complexity index is 1100. The molecule has 0 aliphatic rings. The molecule has 37 heavy (non-hydrogen) atoms. The van der Waals surface area contributed by atoms with E-state index in [4.69, 9.17) is 9.47 Å². The first kappa shape index (κ1) is 29.7. The topological polar surface area (TPSA) is 62.6 Å². The van der Waals surface area contributed by atoms with Crippen LogP contribution in [0.1, 0.15) is 57.7 Å². The number of aromatic nitrogens is 2. The SMILES string of the molecule is CC.CCOC(=O)CCCCCOc1ccccc1Cn1c(C)cnc1-c1ccc(OC(F)(F)F)cc1. The van der Waals surface area contributed by atoms with E-state index in [2.05, 4.69) is 9.72 Å². The number of carbonyl (C=O) groups excluding carboxylic acids is 1. The van der Waals surface area contributed by atoms with E-state index in [1.54, 1.807) is 25.3 Å². The van der Waals surface area contributed by atoms with Crippen LogP contribution < -0.4 is 9.47 Å². The van der Waals surface area contributed by atoms with E-state index in [0.717, 1.165) is 36.3 Å². The highest BCUT2D eigenvalue weighted by Gasteiger charge is 2.31. The summed E-state index contributed by atoms with van der Waals surface area (Å²) < 4.78 is 54.2. The number of alkyl halides is 3. The number of para-hydroxylation sites is 1. The van der Waals surface area contributed by atoms with Crippen LogP contribution in [0.3, 0.4) is 0 Å². The van der Waals surface area contributed by atoms with Crippen molar-refractivity contribution >= 4 is 5.97 Å². The second-order valence-electron chi connectivity index (χ2n) is 7.95. The number of esters is 1. The zero-order valence-electron chi connectivity index (χ0n) is 21.8. The summed E-state index contributed by atoms with van der Waals surface area (Å²) in [7, 11) is 0. The van der Waals surface area contributed by atoms with Gasteiger partial charge in [0.25, 0.3) is 0 Å². The molecule has 0 aliphatic heterocycles. The van der Waals surface area contributed by atoms with Gasteiger partial charge in [0.05, 0.1) is 19.8 Å². The fourth-order valence-electron chi connectivity index (χ4n) is 3.61. The number of hydrogen-bond donors (Lipinski definition) is 0. The van der Waals surface area contributed by atoms with Crippen molar-refractivity contribution in [1.82, 2.24) is 9.55 Å². The number of halogens is 3. The van der Waals surface area contributed by atoms with E-state index in [-0.39, 0.29) is 11.7 Å². The normalized spacial score (nSPS) is 10.9. The van der Waals surface area contributed by atoms with Crippen LogP contribution in [0.4, 0.5) is 13.2 Å². The highest BCUT2D eigenvalue weighted by atomic mass is 19.4. The Morgan fingerprint density at radius 1 is 1.00 bits per heavy atom. The molecule has 3 rings (SSSR count). The van der Waals surface area contributed by atoms with Crippen molar-refractivity contribution < 1.29 is 32.2 Å². The lowest BCUT2D eigenvalue weighted by molar-refractivity contribution is -0.274. The fraction of sp³-hybridized carbons (Fsp3) is 0.429. The summed E-state index contributed by atoms with van der Waals surface area (Å²) in [6.07, 6.45) is -0.163. The molecule has 6 nitrogen and oxygen atoms in total. The van der Waals surface area contributed by atoms with E-state index in [1.807, 2.05) is 49.6 Å². The first-order valence-electron chi connectivity index (χ1n) is 12.5. The number of ether oxygens (including phenoxy) is 3. The lowest BCUT2D eigenvalue weighted by atomic mass is 10.1. The van der Waals surface area contributed by atoms with Crippen molar-refractivity contribution in [3.05, 3.63) is 66.0 Å². The quantitative estimate of drug-likeness (QED) is 0.185. The third kappa shape index (κ3) is 9.82. The molecule has 0 amide bonds. The minimum absolute atomic E-state index is 0.173. The van der Waals surface area contributed by atoms with Gasteiger partial charge in [-0.2, -0.15) is 0 Å². The van der Waals surface area contributed by atoms with Gasteiger partial charge in [0.15, 0.2) is 0 Å². The number of unbranched alkanes of at least 4 members (excludes halogenated alkanes) is 2. The van der Waals surface area contributed by atoms with Crippen LogP contribution in [-0.4, -0.2) is 35.1 Å². The molecule has 0 atom stereocenters. The average molecular weight is 521 g/mol. The second kappa shape index (κ2) is 14.9. The van der Waals surface area contributed by atoms with Crippen LogP contribution >= 0.6 is 0 Å². The molecule has 0 bridgehead atoms. The molecule has 0 fully saturated rings. The largest absolute Gasteiger partial charge is 0.573 e. The molecule has 0 unspecified atom stereocenters. The third-order valence-electron chi connectivity index (χ3n) is 5.29. The monoisotopic (exact) mass is 520 g/mol. The minimum atomic E-state index is -4.73. The zero-order chi connectivity index (χ0) is 27.3. The predicted octanol–water partition coefficient (Wildman–Crippen LogP) is 7.33. The van der Waals surface area contributed by atoms with Gasteiger partial charge in [0, 0.05) is 29.4 Å². The van der Waals surface area contributed by atoms with Gasteiger partial charge >= 0.3 is 12.3 Å². The molecule has 0 aliphatic carbocycles. The molecule has 202 valence electrons. The van der Waals surface area contributed by atoms with Gasteiger partial charge in [-0.1, -0.05) is 32.0 Å². The molecule has 1 aromatic heterocycles. The van der Waals surface area contributed by atoms with E-state index in [9.17, 15) is 18.0 Å². The summed E-state index contributed by atoms with van der Waals surface area (Å²) in [5.74, 6) is 0.936. The summed E-state index contributed by atoms with van der Waals surface area (Å²) in [6, 6.07) is 13.4. The maximum atomic E-state index is 12.5. The summed E-state index contributed by atoms with van der Waals surface area (Å²) in [4.78, 5) is 15.9. The lowest BCUT2D eigenvalue weighted by Crippen LogP contribution is -2.17. The van der Waals surface area contributed by atoms with Crippen LogP contribution in [0.15, 0.2) is 54.7 Å². The summed E-state index contributed by atoms with van der Waals surface area (Å²) in [6.45, 7) is 9.12. The predicted molar refractivity (Wildman–Crippen MR) is 137 cm³/mol. The van der Waals surface area contributed by atoms with Crippen LogP contribution in [-0.2, 0) is 16.1 Å². The van der Waals surface area contributed by atoms with E-state index in [1.165, 1.54) is 12.1 Å². The van der Waals surface area contributed by atoms with Crippen LogP contribution in [0, 0.1) is 6.92 Å². The van der Waals surface area contributed by atoms with Gasteiger partial charge in [-0.05, 0) is 63.4 Å². The number of nitrogens with zero attached hydrogens (tertiary/aromatic N) is 2. The molecule has 2 aromatic carbocycles. The molecular formula is C28H35F3N2O4. The standard InChI is InChI=1S/C26H29F3N2O4.C2H6/c1-3-33-24(32)11-5-4-8-16-34-23-10-7-6-9-21(23)18-31-19(2)17-30-25(31)20-12-14-22(15-13-20)35-26(27,28)29;1-2/h6-7,9-10,12-15,17H,3-5,8,11,16,18H2,1-2H3;1-2H3. The average Bonchev–Trinajstić information content (AvgIpc) is 3.23. The summed E-state index contributed by atoms with van der Waals surface area (Å²) in [5.41, 5.74) is 2.54. The van der Waals surface area contributed by atoms with E-state index < -0.39 is 6.36 Å². The van der Waals surface area contributed by atoms with Crippen LogP contribution in [0.25, 0.3) is 11.4 Å². The smallest absolute Gasteiger partial charge is 0.493 e. The number of carbonyl (C=O) groups is 1. The maximum Gasteiger partial charge on any atom is 0.573 e. The Balaban J connectivity index is 0.00000235. The van der Waals surface area contributed by atoms with E-state index in [0.29, 0.717) is 37.6 Å². The first-order valence-corrected chi connectivity index (χ1v) is 12.5. The number of aryl methyl sites for hydroxylation is 1. The molecule has 0 saturated carbocycles. The Morgan fingerprint density at radius 3 is 2.38 bits per heavy atom. The van der Waals surface area contributed by atoms with Gasteiger partial charge in [0.2, 0.25) is 0 Å². The molecular weight excluding hydrogens is 485 g/mol. The minimum Gasteiger partial charge on any atom is -0.493 e. The zero-order valence-corrected chi connectivity index (χ0v) is 21.8. The third-order valence-corrected chi connectivity index (χ3v) is 5.29. The molecule has 3 aromatic rings. The van der Waals surface area contributed by atoms with Gasteiger partial charge < -0.3 is 18.8 Å². The van der Waals surface area contributed by atoms with Gasteiger partial charge in [0.1, 0.15) is 17.3 Å². The number of benzene rings is 2. The van der Waals surface area contributed by atoms with Crippen molar-refractivity contribution in [2.75, 3.05) is 13.2 Å². The highest BCUT2D eigenvalue weighted by molar-refractivity contribution is 5.69. The Labute approximate surface area is 216 Å². The number of imidazole rings is 1. The van der Waals surface area contributed by atoms with Gasteiger partial charge in [-0.15, -0.1) is 13.2 Å². The lowest BCUT2D eigenvalue weighted by Gasteiger charge is -2.15. The van der Waals surface area contributed by atoms with Crippen molar-refractivity contribution in [3.63, 3.8) is 0 Å². The molecule has 0 spiro atoms. The first-order chi connectivity index (χ1) is 17.8. The highest BCUT2D eigenvalue weighted by Crippen LogP contribution is 2.28. The molecule has 9 heteroatoms. The molecule has 0 N–H and O–H groups in total. The van der Waals surface area contributed by atoms with Crippen LogP contribution in [0.2, 0.25) is 0 Å². The van der Waals surface area contributed by atoms with Gasteiger partial charge in [-0.3, -0.25) is 4.79 Å². The number of hydrogen-bond acceptors (Lipinski definition) is 5.